The van der Waals surface area contributed by atoms with Gasteiger partial charge in [-0.25, -0.2) is 4.39 Å². The minimum atomic E-state index is -6.14. The molecule has 1 aromatic heterocycles. The molecule has 2 aliphatic carbocycles. The summed E-state index contributed by atoms with van der Waals surface area (Å²) in [5.74, 6) is -0.769. The molecule has 0 aliphatic heterocycles. The van der Waals surface area contributed by atoms with Crippen molar-refractivity contribution in [2.45, 2.75) is 49.6 Å². The van der Waals surface area contributed by atoms with Crippen LogP contribution in [-0.4, -0.2) is 23.2 Å². The molecular weight excluding hydrogens is 441 g/mol. The lowest BCUT2D eigenvalue weighted by Gasteiger charge is -2.34. The Hall–Kier alpha value is -2.65. The molecule has 1 saturated carbocycles. The molecule has 10 heteroatoms. The van der Waals surface area contributed by atoms with Gasteiger partial charge >= 0.3 is 18.0 Å². The summed E-state index contributed by atoms with van der Waals surface area (Å²) in [6.45, 7) is 0. The molecule has 2 unspecified atom stereocenters. The third kappa shape index (κ3) is 3.63. The number of rotatable bonds is 3. The van der Waals surface area contributed by atoms with Crippen LogP contribution in [0.4, 0.5) is 36.4 Å². The average Bonchev–Trinajstić information content (AvgIpc) is 3.16. The summed E-state index contributed by atoms with van der Waals surface area (Å²) in [7, 11) is 0. The van der Waals surface area contributed by atoms with Gasteiger partial charge in [0, 0.05) is 29.6 Å². The van der Waals surface area contributed by atoms with Crippen LogP contribution >= 0.6 is 0 Å². The first kappa shape index (κ1) is 22.5. The number of carbonyl (C=O) groups excluding carboxylic acids is 1. The maximum Gasteiger partial charge on any atom is 0.435 e. The van der Waals surface area contributed by atoms with Gasteiger partial charge in [-0.2, -0.15) is 26.3 Å². The molecule has 3 atom stereocenters. The number of alkyl halides is 7. The number of amides is 1. The molecule has 0 saturated heterocycles. The van der Waals surface area contributed by atoms with E-state index in [2.05, 4.69) is 10.3 Å². The molecule has 2 aromatic rings. The van der Waals surface area contributed by atoms with Crippen LogP contribution in [0.5, 0.6) is 0 Å². The third-order valence-electron chi connectivity index (χ3n) is 6.58. The molecule has 1 fully saturated rings. The van der Waals surface area contributed by atoms with Gasteiger partial charge in [-0.3, -0.25) is 9.78 Å². The topological polar surface area (TPSA) is 42.0 Å². The standard InChI is InChI=1S/C22H19F7N2O/c23-20(21(24,25)26,22(27,28)29)13-2-4-15-12(11-13)1-3-17-16(15)5-6-18(17)19(32)31-14-7-9-30-10-8-14/h2,4,7-11,16-18H,1,3,5-6H2,(H,30,31,32)/t16?,17?,18-/m1/s1. The Morgan fingerprint density at radius 3 is 2.19 bits per heavy atom. The predicted molar refractivity (Wildman–Crippen MR) is 101 cm³/mol. The number of halogens is 7. The van der Waals surface area contributed by atoms with E-state index in [1.54, 1.807) is 12.1 Å². The van der Waals surface area contributed by atoms with E-state index in [1.807, 2.05) is 0 Å². The number of hydrogen-bond acceptors (Lipinski definition) is 2. The second-order valence-corrected chi connectivity index (χ2v) is 8.29. The van der Waals surface area contributed by atoms with Gasteiger partial charge in [0.25, 0.3) is 0 Å². The van der Waals surface area contributed by atoms with E-state index in [1.165, 1.54) is 12.4 Å². The van der Waals surface area contributed by atoms with Crippen molar-refractivity contribution in [2.24, 2.45) is 11.8 Å². The van der Waals surface area contributed by atoms with Crippen molar-refractivity contribution in [3.63, 3.8) is 0 Å². The van der Waals surface area contributed by atoms with E-state index in [9.17, 15) is 35.5 Å². The number of anilines is 1. The smallest absolute Gasteiger partial charge is 0.326 e. The number of carbonyl (C=O) groups is 1. The Labute approximate surface area is 179 Å². The molecule has 32 heavy (non-hydrogen) atoms. The molecule has 1 heterocycles. The van der Waals surface area contributed by atoms with Crippen molar-refractivity contribution in [1.82, 2.24) is 4.98 Å². The lowest BCUT2D eigenvalue weighted by Crippen LogP contribution is -2.50. The Bertz CT molecular complexity index is 990. The fraction of sp³-hybridized carbons (Fsp3) is 0.455. The number of nitrogens with zero attached hydrogens (tertiary/aromatic N) is 1. The SMILES string of the molecule is O=C(Nc1ccncc1)[C@@H]1CCC2c3ccc(C(F)(C(F)(F)F)C(F)(F)F)cc3CCC21. The first-order chi connectivity index (χ1) is 14.9. The van der Waals surface area contributed by atoms with Crippen molar-refractivity contribution in [2.75, 3.05) is 5.32 Å². The number of aromatic nitrogens is 1. The van der Waals surface area contributed by atoms with Crippen molar-refractivity contribution >= 4 is 11.6 Å². The van der Waals surface area contributed by atoms with Gasteiger partial charge in [0.05, 0.1) is 0 Å². The fourth-order valence-electron chi connectivity index (χ4n) is 5.06. The number of fused-ring (bicyclic) bond motifs is 3. The highest BCUT2D eigenvalue weighted by Gasteiger charge is 2.73. The van der Waals surface area contributed by atoms with Crippen LogP contribution in [0.2, 0.25) is 0 Å². The van der Waals surface area contributed by atoms with E-state index in [0.29, 0.717) is 42.6 Å². The van der Waals surface area contributed by atoms with Crippen molar-refractivity contribution in [1.29, 1.82) is 0 Å². The number of aryl methyl sites for hydroxylation is 1. The summed E-state index contributed by atoms with van der Waals surface area (Å²) in [5.41, 5.74) is -5.44. The maximum atomic E-state index is 14.4. The Morgan fingerprint density at radius 1 is 0.906 bits per heavy atom. The highest BCUT2D eigenvalue weighted by molar-refractivity contribution is 5.93. The van der Waals surface area contributed by atoms with E-state index in [4.69, 9.17) is 0 Å². The first-order valence-corrected chi connectivity index (χ1v) is 10.1. The van der Waals surface area contributed by atoms with Gasteiger partial charge < -0.3 is 5.32 Å². The van der Waals surface area contributed by atoms with Gasteiger partial charge in [-0.05, 0) is 60.8 Å². The molecule has 172 valence electrons. The first-order valence-electron chi connectivity index (χ1n) is 10.1. The zero-order valence-electron chi connectivity index (χ0n) is 16.6. The quantitative estimate of drug-likeness (QED) is 0.566. The van der Waals surface area contributed by atoms with Gasteiger partial charge in [0.1, 0.15) is 0 Å². The van der Waals surface area contributed by atoms with Gasteiger partial charge in [-0.1, -0.05) is 18.2 Å². The summed E-state index contributed by atoms with van der Waals surface area (Å²) >= 11 is 0. The van der Waals surface area contributed by atoms with Crippen LogP contribution < -0.4 is 5.32 Å². The molecule has 0 spiro atoms. The maximum absolute atomic E-state index is 14.4. The summed E-state index contributed by atoms with van der Waals surface area (Å²) in [6.07, 6.45) is -7.48. The van der Waals surface area contributed by atoms with Crippen molar-refractivity contribution in [3.05, 3.63) is 59.4 Å². The fourth-order valence-corrected chi connectivity index (χ4v) is 5.06. The van der Waals surface area contributed by atoms with Gasteiger partial charge in [0.15, 0.2) is 0 Å². The van der Waals surface area contributed by atoms with Gasteiger partial charge in [0.2, 0.25) is 5.91 Å². The average molecular weight is 460 g/mol. The zero-order valence-corrected chi connectivity index (χ0v) is 16.6. The second kappa shape index (κ2) is 7.74. The molecule has 1 amide bonds. The lowest BCUT2D eigenvalue weighted by molar-refractivity contribution is -0.348. The molecule has 1 aromatic carbocycles. The Morgan fingerprint density at radius 2 is 1.56 bits per heavy atom. The van der Waals surface area contributed by atoms with Crippen LogP contribution in [0.1, 0.15) is 41.9 Å². The summed E-state index contributed by atoms with van der Waals surface area (Å²) in [5, 5.41) is 2.82. The molecule has 0 bridgehead atoms. The Balaban J connectivity index is 1.59. The monoisotopic (exact) mass is 460 g/mol. The van der Waals surface area contributed by atoms with E-state index >= 15 is 0 Å². The largest absolute Gasteiger partial charge is 0.435 e. The van der Waals surface area contributed by atoms with Crippen molar-refractivity contribution in [3.8, 4) is 0 Å². The van der Waals surface area contributed by atoms with Crippen LogP contribution in [0.15, 0.2) is 42.7 Å². The lowest BCUT2D eigenvalue weighted by atomic mass is 9.73. The zero-order chi connectivity index (χ0) is 23.3. The molecule has 4 rings (SSSR count). The molecule has 0 radical (unpaired) electrons. The number of hydrogen-bond donors (Lipinski definition) is 1. The summed E-state index contributed by atoms with van der Waals surface area (Å²) in [6, 6.07) is 5.72. The van der Waals surface area contributed by atoms with Crippen LogP contribution in [0, 0.1) is 11.8 Å². The predicted octanol–water partition coefficient (Wildman–Crippen LogP) is 6.07. The normalized spacial score (nSPS) is 23.4. The molecule has 3 nitrogen and oxygen atoms in total. The minimum absolute atomic E-state index is 0.0875. The molecule has 1 N–H and O–H groups in total. The summed E-state index contributed by atoms with van der Waals surface area (Å²) in [4.78, 5) is 16.6. The van der Waals surface area contributed by atoms with E-state index in [0.717, 1.165) is 6.07 Å². The number of nitrogens with one attached hydrogen (secondary N) is 1. The Kier molecular flexibility index (Phi) is 5.45. The van der Waals surface area contributed by atoms with Crippen molar-refractivity contribution < 1.29 is 35.5 Å². The van der Waals surface area contributed by atoms with E-state index in [-0.39, 0.29) is 35.6 Å². The highest BCUT2D eigenvalue weighted by Crippen LogP contribution is 2.55. The van der Waals surface area contributed by atoms with Crippen LogP contribution in [-0.2, 0) is 16.9 Å². The molecule has 2 aliphatic rings. The number of benzene rings is 1. The minimum Gasteiger partial charge on any atom is -0.326 e. The highest BCUT2D eigenvalue weighted by atomic mass is 19.4. The van der Waals surface area contributed by atoms with Crippen LogP contribution in [0.25, 0.3) is 0 Å². The summed E-state index contributed by atoms with van der Waals surface area (Å²) < 4.78 is 93.1. The third-order valence-corrected chi connectivity index (χ3v) is 6.58. The second-order valence-electron chi connectivity index (χ2n) is 8.29. The van der Waals surface area contributed by atoms with Gasteiger partial charge in [-0.15, -0.1) is 0 Å². The van der Waals surface area contributed by atoms with E-state index < -0.39 is 23.6 Å². The number of pyridine rings is 1. The van der Waals surface area contributed by atoms with Crippen LogP contribution in [0.3, 0.4) is 0 Å². The molecular formula is C22H19F7N2O.